The van der Waals surface area contributed by atoms with Crippen LogP contribution in [-0.4, -0.2) is 31.4 Å². The lowest BCUT2D eigenvalue weighted by Gasteiger charge is -2.09. The van der Waals surface area contributed by atoms with E-state index in [4.69, 9.17) is 5.73 Å². The number of para-hydroxylation sites is 1. The fourth-order valence-electron chi connectivity index (χ4n) is 3.15. The molecule has 9 heteroatoms. The molecule has 0 saturated carbocycles. The van der Waals surface area contributed by atoms with Crippen molar-refractivity contribution in [3.05, 3.63) is 82.4 Å². The lowest BCUT2D eigenvalue weighted by atomic mass is 10.2. The van der Waals surface area contributed by atoms with Crippen molar-refractivity contribution in [2.75, 3.05) is 5.32 Å². The predicted molar refractivity (Wildman–Crippen MR) is 111 cm³/mol. The van der Waals surface area contributed by atoms with Crippen LogP contribution in [0.15, 0.2) is 65.6 Å². The van der Waals surface area contributed by atoms with E-state index in [1.807, 2.05) is 30.3 Å². The lowest BCUT2D eigenvalue weighted by Crippen LogP contribution is -2.31. The van der Waals surface area contributed by atoms with Crippen LogP contribution >= 0.6 is 0 Å². The standard InChI is InChI=1S/C21H18N6O3/c1-13-17-11-23-27(16-5-3-2-4-6-16)19(17)21(30)26(25-13)12-18(28)24-15-9-7-14(8-10-15)20(22)29/h2-11H,12H2,1H3,(H2,22,29)(H,24,28). The van der Waals surface area contributed by atoms with Crippen LogP contribution in [0.2, 0.25) is 0 Å². The number of aryl methyl sites for hydroxylation is 1. The number of anilines is 1. The molecule has 0 fully saturated rings. The van der Waals surface area contributed by atoms with E-state index in [-0.39, 0.29) is 6.54 Å². The van der Waals surface area contributed by atoms with Crippen LogP contribution in [-0.2, 0) is 11.3 Å². The minimum absolute atomic E-state index is 0.271. The highest BCUT2D eigenvalue weighted by molar-refractivity contribution is 5.94. The van der Waals surface area contributed by atoms with Crippen molar-refractivity contribution in [1.82, 2.24) is 19.6 Å². The Morgan fingerprint density at radius 3 is 2.43 bits per heavy atom. The third-order valence-corrected chi connectivity index (χ3v) is 4.61. The lowest BCUT2D eigenvalue weighted by molar-refractivity contribution is -0.117. The summed E-state index contributed by atoms with van der Waals surface area (Å²) in [6.45, 7) is 1.49. The Morgan fingerprint density at radius 1 is 1.07 bits per heavy atom. The highest BCUT2D eigenvalue weighted by atomic mass is 16.2. The molecule has 2 aromatic heterocycles. The monoisotopic (exact) mass is 402 g/mol. The average Bonchev–Trinajstić information content (AvgIpc) is 3.19. The zero-order chi connectivity index (χ0) is 21.3. The quantitative estimate of drug-likeness (QED) is 0.525. The summed E-state index contributed by atoms with van der Waals surface area (Å²) in [6.07, 6.45) is 1.59. The number of amides is 2. The minimum Gasteiger partial charge on any atom is -0.366 e. The highest BCUT2D eigenvalue weighted by Crippen LogP contribution is 2.17. The fourth-order valence-corrected chi connectivity index (χ4v) is 3.15. The number of hydrogen-bond donors (Lipinski definition) is 2. The number of aromatic nitrogens is 4. The van der Waals surface area contributed by atoms with Crippen molar-refractivity contribution in [1.29, 1.82) is 0 Å². The second-order valence-corrected chi connectivity index (χ2v) is 6.69. The van der Waals surface area contributed by atoms with Gasteiger partial charge in [-0.15, -0.1) is 0 Å². The van der Waals surface area contributed by atoms with Crippen molar-refractivity contribution in [3.8, 4) is 5.69 Å². The van der Waals surface area contributed by atoms with E-state index in [2.05, 4.69) is 15.5 Å². The van der Waals surface area contributed by atoms with E-state index in [9.17, 15) is 14.4 Å². The summed E-state index contributed by atoms with van der Waals surface area (Å²) in [5.41, 5.74) is 7.28. The highest BCUT2D eigenvalue weighted by Gasteiger charge is 2.16. The number of fused-ring (bicyclic) bond motifs is 1. The Labute approximate surface area is 170 Å². The third kappa shape index (κ3) is 3.55. The van der Waals surface area contributed by atoms with Crippen molar-refractivity contribution in [2.45, 2.75) is 13.5 Å². The molecule has 0 unspecified atom stereocenters. The first-order chi connectivity index (χ1) is 14.4. The summed E-state index contributed by atoms with van der Waals surface area (Å²) in [5, 5.41) is 11.9. The molecule has 9 nitrogen and oxygen atoms in total. The van der Waals surface area contributed by atoms with Crippen LogP contribution in [0.1, 0.15) is 16.1 Å². The number of nitrogens with one attached hydrogen (secondary N) is 1. The SMILES string of the molecule is Cc1nn(CC(=O)Nc2ccc(C(N)=O)cc2)c(=O)c2c1cnn2-c1ccccc1. The maximum atomic E-state index is 13.1. The van der Waals surface area contributed by atoms with E-state index in [0.717, 1.165) is 10.4 Å². The van der Waals surface area contributed by atoms with E-state index in [1.165, 1.54) is 12.1 Å². The van der Waals surface area contributed by atoms with Gasteiger partial charge >= 0.3 is 0 Å². The molecular weight excluding hydrogens is 384 g/mol. The Kier molecular flexibility index (Phi) is 4.85. The molecular formula is C21H18N6O3. The van der Waals surface area contributed by atoms with Gasteiger partial charge in [-0.1, -0.05) is 18.2 Å². The average molecular weight is 402 g/mol. The predicted octanol–water partition coefficient (Wildman–Crippen LogP) is 1.63. The maximum absolute atomic E-state index is 13.1. The van der Waals surface area contributed by atoms with Gasteiger partial charge in [-0.2, -0.15) is 10.2 Å². The molecule has 150 valence electrons. The molecule has 30 heavy (non-hydrogen) atoms. The number of primary amides is 1. The summed E-state index contributed by atoms with van der Waals surface area (Å²) < 4.78 is 2.66. The first kappa shape index (κ1) is 19.1. The molecule has 0 aliphatic rings. The zero-order valence-corrected chi connectivity index (χ0v) is 16.1. The van der Waals surface area contributed by atoms with E-state index < -0.39 is 17.4 Å². The van der Waals surface area contributed by atoms with E-state index in [0.29, 0.717) is 27.8 Å². The molecule has 0 aliphatic carbocycles. The van der Waals surface area contributed by atoms with Gasteiger partial charge in [-0.3, -0.25) is 14.4 Å². The smallest absolute Gasteiger partial charge is 0.293 e. The number of carbonyl (C=O) groups excluding carboxylic acids is 2. The Morgan fingerprint density at radius 2 is 1.77 bits per heavy atom. The van der Waals surface area contributed by atoms with E-state index >= 15 is 0 Å². The summed E-state index contributed by atoms with van der Waals surface area (Å²) in [4.78, 5) is 36.7. The Hall–Kier alpha value is -4.27. The van der Waals surface area contributed by atoms with Gasteiger partial charge in [-0.05, 0) is 43.3 Å². The molecule has 3 N–H and O–H groups in total. The van der Waals surface area contributed by atoms with Crippen LogP contribution < -0.4 is 16.6 Å². The molecule has 2 amide bonds. The number of benzene rings is 2. The fraction of sp³-hybridized carbons (Fsp3) is 0.0952. The molecule has 0 radical (unpaired) electrons. The van der Waals surface area contributed by atoms with Crippen LogP contribution in [0.5, 0.6) is 0 Å². The maximum Gasteiger partial charge on any atom is 0.293 e. The summed E-state index contributed by atoms with van der Waals surface area (Å²) in [5.74, 6) is -0.983. The molecule has 2 aromatic carbocycles. The van der Waals surface area contributed by atoms with Gasteiger partial charge in [0.15, 0.2) is 0 Å². The van der Waals surface area contributed by atoms with Gasteiger partial charge in [0.05, 0.1) is 17.6 Å². The van der Waals surface area contributed by atoms with Crippen molar-refractivity contribution < 1.29 is 9.59 Å². The number of hydrogen-bond acceptors (Lipinski definition) is 5. The summed E-state index contributed by atoms with van der Waals surface area (Å²) >= 11 is 0. The number of carbonyl (C=O) groups is 2. The first-order valence-corrected chi connectivity index (χ1v) is 9.14. The summed E-state index contributed by atoms with van der Waals surface area (Å²) in [6, 6.07) is 15.4. The second kappa shape index (κ2) is 7.63. The van der Waals surface area contributed by atoms with Crippen LogP contribution in [0.3, 0.4) is 0 Å². The Bertz CT molecular complexity index is 1310. The van der Waals surface area contributed by atoms with Crippen LogP contribution in [0.4, 0.5) is 5.69 Å². The molecule has 0 spiro atoms. The Balaban J connectivity index is 1.64. The molecule has 0 saturated heterocycles. The van der Waals surface area contributed by atoms with Gasteiger partial charge in [-0.25, -0.2) is 9.36 Å². The van der Waals surface area contributed by atoms with Gasteiger partial charge < -0.3 is 11.1 Å². The topological polar surface area (TPSA) is 125 Å². The van der Waals surface area contributed by atoms with Crippen molar-refractivity contribution >= 4 is 28.4 Å². The molecule has 4 rings (SSSR count). The summed E-state index contributed by atoms with van der Waals surface area (Å²) in [7, 11) is 0. The largest absolute Gasteiger partial charge is 0.366 e. The number of nitrogens with zero attached hydrogens (tertiary/aromatic N) is 4. The van der Waals surface area contributed by atoms with Gasteiger partial charge in [0, 0.05) is 16.6 Å². The zero-order valence-electron chi connectivity index (χ0n) is 16.1. The first-order valence-electron chi connectivity index (χ1n) is 9.14. The second-order valence-electron chi connectivity index (χ2n) is 6.69. The van der Waals surface area contributed by atoms with Crippen molar-refractivity contribution in [3.63, 3.8) is 0 Å². The molecule has 2 heterocycles. The molecule has 0 atom stereocenters. The normalized spacial score (nSPS) is 10.8. The van der Waals surface area contributed by atoms with Crippen LogP contribution in [0, 0.1) is 6.92 Å². The molecule has 4 aromatic rings. The van der Waals surface area contributed by atoms with Gasteiger partial charge in [0.2, 0.25) is 11.8 Å². The van der Waals surface area contributed by atoms with Gasteiger partial charge in [0.25, 0.3) is 5.56 Å². The number of nitrogens with two attached hydrogens (primary N) is 1. The number of rotatable bonds is 5. The molecule has 0 bridgehead atoms. The third-order valence-electron chi connectivity index (χ3n) is 4.61. The van der Waals surface area contributed by atoms with Crippen molar-refractivity contribution in [2.24, 2.45) is 5.73 Å². The van der Waals surface area contributed by atoms with Gasteiger partial charge in [0.1, 0.15) is 12.1 Å². The minimum atomic E-state index is -0.553. The molecule has 0 aliphatic heterocycles. The van der Waals surface area contributed by atoms with E-state index in [1.54, 1.807) is 29.9 Å². The van der Waals surface area contributed by atoms with Crippen LogP contribution in [0.25, 0.3) is 16.6 Å².